The Kier molecular flexibility index (Phi) is 4.34. The van der Waals surface area contributed by atoms with Crippen LogP contribution in [0.4, 0.5) is 24.7 Å². The van der Waals surface area contributed by atoms with Crippen molar-refractivity contribution in [2.75, 3.05) is 5.32 Å². The molecule has 0 aliphatic carbocycles. The molecular formula is C12H5BrClF3N4. The van der Waals surface area contributed by atoms with Crippen LogP contribution in [0.3, 0.4) is 0 Å². The van der Waals surface area contributed by atoms with E-state index in [1.165, 1.54) is 12.1 Å². The van der Waals surface area contributed by atoms with Gasteiger partial charge in [0.15, 0.2) is 5.69 Å². The number of anilines is 2. The molecule has 0 fully saturated rings. The summed E-state index contributed by atoms with van der Waals surface area (Å²) in [6, 6.07) is 7.34. The van der Waals surface area contributed by atoms with Crippen molar-refractivity contribution >= 4 is 39.0 Å². The molecule has 0 saturated heterocycles. The van der Waals surface area contributed by atoms with Crippen LogP contribution in [0.15, 0.2) is 28.7 Å². The van der Waals surface area contributed by atoms with Crippen molar-refractivity contribution < 1.29 is 13.2 Å². The number of halogens is 5. The molecule has 0 radical (unpaired) electrons. The molecule has 9 heteroatoms. The Morgan fingerprint density at radius 3 is 2.57 bits per heavy atom. The van der Waals surface area contributed by atoms with Crippen molar-refractivity contribution in [1.82, 2.24) is 9.97 Å². The molecule has 0 unspecified atom stereocenters. The summed E-state index contributed by atoms with van der Waals surface area (Å²) in [5, 5.41) is 11.1. The molecule has 108 valence electrons. The summed E-state index contributed by atoms with van der Waals surface area (Å²) in [5.41, 5.74) is -0.614. The summed E-state index contributed by atoms with van der Waals surface area (Å²) in [4.78, 5) is 6.78. The fraction of sp³-hybridized carbons (Fsp3) is 0.0833. The van der Waals surface area contributed by atoms with Gasteiger partial charge in [-0.1, -0.05) is 15.9 Å². The third kappa shape index (κ3) is 3.83. The van der Waals surface area contributed by atoms with Gasteiger partial charge in [0.1, 0.15) is 11.9 Å². The quantitative estimate of drug-likeness (QED) is 0.781. The second kappa shape index (κ2) is 5.87. The van der Waals surface area contributed by atoms with Gasteiger partial charge in [0.25, 0.3) is 0 Å². The lowest BCUT2D eigenvalue weighted by Gasteiger charge is -2.11. The highest BCUT2D eigenvalue weighted by Crippen LogP contribution is 2.31. The number of benzene rings is 1. The maximum absolute atomic E-state index is 12.6. The van der Waals surface area contributed by atoms with E-state index in [-0.39, 0.29) is 11.4 Å². The maximum atomic E-state index is 12.6. The van der Waals surface area contributed by atoms with Crippen LogP contribution in [0, 0.1) is 11.3 Å². The molecule has 1 aromatic heterocycles. The number of nitriles is 1. The van der Waals surface area contributed by atoms with Crippen LogP contribution in [0.25, 0.3) is 0 Å². The Labute approximate surface area is 130 Å². The Morgan fingerprint density at radius 2 is 1.95 bits per heavy atom. The van der Waals surface area contributed by atoms with Gasteiger partial charge < -0.3 is 5.32 Å². The van der Waals surface area contributed by atoms with Crippen molar-refractivity contribution in [3.63, 3.8) is 0 Å². The molecule has 4 nitrogen and oxygen atoms in total. The molecule has 1 N–H and O–H groups in total. The third-order valence-corrected chi connectivity index (χ3v) is 3.02. The highest BCUT2D eigenvalue weighted by atomic mass is 79.9. The molecule has 0 saturated carbocycles. The summed E-state index contributed by atoms with van der Waals surface area (Å²) in [7, 11) is 0. The zero-order valence-corrected chi connectivity index (χ0v) is 12.4. The molecular weight excluding hydrogens is 373 g/mol. The second-order valence-electron chi connectivity index (χ2n) is 3.83. The van der Waals surface area contributed by atoms with E-state index in [1.54, 1.807) is 6.07 Å². The average Bonchev–Trinajstić information content (AvgIpc) is 2.39. The molecule has 0 bridgehead atoms. The summed E-state index contributed by atoms with van der Waals surface area (Å²) in [6.07, 6.45) is -4.64. The molecule has 2 aromatic rings. The zero-order valence-electron chi connectivity index (χ0n) is 10.0. The fourth-order valence-electron chi connectivity index (χ4n) is 1.48. The number of hydrogen-bond donors (Lipinski definition) is 1. The van der Waals surface area contributed by atoms with E-state index in [1.807, 2.05) is 6.07 Å². The molecule has 0 spiro atoms. The first-order valence-electron chi connectivity index (χ1n) is 5.38. The Bertz CT molecular complexity index is 727. The van der Waals surface area contributed by atoms with Crippen LogP contribution in [0.5, 0.6) is 0 Å². The maximum Gasteiger partial charge on any atom is 0.433 e. The predicted octanol–water partition coefficient (Wildman–Crippen LogP) is 4.53. The van der Waals surface area contributed by atoms with Gasteiger partial charge in [0.2, 0.25) is 5.28 Å². The van der Waals surface area contributed by atoms with Crippen LogP contribution in [0.2, 0.25) is 5.28 Å². The lowest BCUT2D eigenvalue weighted by atomic mass is 10.2. The minimum absolute atomic E-state index is 0.152. The minimum atomic E-state index is -4.64. The van der Waals surface area contributed by atoms with Crippen LogP contribution in [0.1, 0.15) is 11.3 Å². The number of nitrogens with zero attached hydrogens (tertiary/aromatic N) is 3. The SMILES string of the molecule is N#Cc1cc(Br)ccc1Nc1cc(C(F)(F)F)nc(Cl)n1. The van der Waals surface area contributed by atoms with E-state index in [0.717, 1.165) is 6.07 Å². The lowest BCUT2D eigenvalue weighted by Crippen LogP contribution is -2.10. The number of rotatable bonds is 2. The van der Waals surface area contributed by atoms with Crippen LogP contribution < -0.4 is 5.32 Å². The van der Waals surface area contributed by atoms with E-state index in [2.05, 4.69) is 31.2 Å². The molecule has 0 aliphatic rings. The summed E-state index contributed by atoms with van der Waals surface area (Å²) >= 11 is 8.68. The first kappa shape index (κ1) is 15.5. The van der Waals surface area contributed by atoms with Gasteiger partial charge in [0.05, 0.1) is 11.3 Å². The van der Waals surface area contributed by atoms with Crippen LogP contribution in [-0.2, 0) is 6.18 Å². The molecule has 1 heterocycles. The van der Waals surface area contributed by atoms with Gasteiger partial charge in [-0.2, -0.15) is 18.4 Å². The molecule has 0 atom stereocenters. The first-order valence-corrected chi connectivity index (χ1v) is 6.55. The predicted molar refractivity (Wildman–Crippen MR) is 74.2 cm³/mol. The van der Waals surface area contributed by atoms with E-state index in [4.69, 9.17) is 16.9 Å². The van der Waals surface area contributed by atoms with Gasteiger partial charge in [-0.05, 0) is 29.8 Å². The third-order valence-electron chi connectivity index (χ3n) is 2.35. The largest absolute Gasteiger partial charge is 0.433 e. The van der Waals surface area contributed by atoms with E-state index in [0.29, 0.717) is 10.2 Å². The Hall–Kier alpha value is -1.85. The molecule has 2 rings (SSSR count). The summed E-state index contributed by atoms with van der Waals surface area (Å²) in [5.74, 6) is -0.152. The Balaban J connectivity index is 2.41. The number of hydrogen-bond acceptors (Lipinski definition) is 4. The zero-order chi connectivity index (χ0) is 15.6. The number of nitrogens with one attached hydrogen (secondary N) is 1. The molecule has 0 aliphatic heterocycles. The van der Waals surface area contributed by atoms with Gasteiger partial charge in [0, 0.05) is 10.5 Å². The monoisotopic (exact) mass is 376 g/mol. The van der Waals surface area contributed by atoms with Crippen molar-refractivity contribution in [1.29, 1.82) is 5.26 Å². The van der Waals surface area contributed by atoms with E-state index < -0.39 is 17.2 Å². The van der Waals surface area contributed by atoms with Crippen molar-refractivity contribution in [3.05, 3.63) is 45.3 Å². The standard InChI is InChI=1S/C12H5BrClF3N4/c13-7-1-2-8(6(3-7)5-18)19-10-4-9(12(15,16)17)20-11(14)21-10/h1-4H,(H,19,20,21). The normalized spacial score (nSPS) is 11.0. The van der Waals surface area contributed by atoms with Gasteiger partial charge in [-0.15, -0.1) is 0 Å². The van der Waals surface area contributed by atoms with Crippen molar-refractivity contribution in [2.24, 2.45) is 0 Å². The molecule has 21 heavy (non-hydrogen) atoms. The smallest absolute Gasteiger partial charge is 0.339 e. The average molecular weight is 378 g/mol. The van der Waals surface area contributed by atoms with Gasteiger partial charge in [-0.25, -0.2) is 9.97 Å². The molecule has 1 aromatic carbocycles. The van der Waals surface area contributed by atoms with Crippen LogP contribution in [-0.4, -0.2) is 9.97 Å². The van der Waals surface area contributed by atoms with Crippen molar-refractivity contribution in [3.8, 4) is 6.07 Å². The summed E-state index contributed by atoms with van der Waals surface area (Å²) < 4.78 is 38.6. The first-order chi connectivity index (χ1) is 9.79. The fourth-order valence-corrected chi connectivity index (χ4v) is 2.03. The highest BCUT2D eigenvalue weighted by Gasteiger charge is 2.33. The van der Waals surface area contributed by atoms with Gasteiger partial charge >= 0.3 is 6.18 Å². The van der Waals surface area contributed by atoms with Crippen molar-refractivity contribution in [2.45, 2.75) is 6.18 Å². The number of alkyl halides is 3. The minimum Gasteiger partial charge on any atom is -0.339 e. The number of aromatic nitrogens is 2. The topological polar surface area (TPSA) is 61.6 Å². The highest BCUT2D eigenvalue weighted by molar-refractivity contribution is 9.10. The summed E-state index contributed by atoms with van der Waals surface area (Å²) in [6.45, 7) is 0. The van der Waals surface area contributed by atoms with E-state index >= 15 is 0 Å². The van der Waals surface area contributed by atoms with Crippen LogP contribution >= 0.6 is 27.5 Å². The second-order valence-corrected chi connectivity index (χ2v) is 5.09. The van der Waals surface area contributed by atoms with Gasteiger partial charge in [-0.3, -0.25) is 0 Å². The lowest BCUT2D eigenvalue weighted by molar-refractivity contribution is -0.141. The Morgan fingerprint density at radius 1 is 1.24 bits per heavy atom. The molecule has 0 amide bonds. The van der Waals surface area contributed by atoms with E-state index in [9.17, 15) is 13.2 Å².